The fraction of sp³-hybridized carbons (Fsp3) is 0.615. The summed E-state index contributed by atoms with van der Waals surface area (Å²) in [6.45, 7) is 9.78. The van der Waals surface area contributed by atoms with E-state index < -0.39 is 21.4 Å². The summed E-state index contributed by atoms with van der Waals surface area (Å²) in [5.74, 6) is 0.910. The van der Waals surface area contributed by atoms with Gasteiger partial charge in [0.2, 0.25) is 16.0 Å². The molecule has 1 saturated heterocycles. The van der Waals surface area contributed by atoms with Crippen molar-refractivity contribution in [2.75, 3.05) is 25.5 Å². The van der Waals surface area contributed by atoms with Gasteiger partial charge in [0.25, 0.3) is 0 Å². The Bertz CT molecular complexity index is 1290. The van der Waals surface area contributed by atoms with Gasteiger partial charge < -0.3 is 19.1 Å². The first-order chi connectivity index (χ1) is 18.5. The van der Waals surface area contributed by atoms with Crippen LogP contribution in [0.3, 0.4) is 0 Å². The molecule has 2 aliphatic heterocycles. The fourth-order valence-corrected chi connectivity index (χ4v) is 5.86. The molecule has 1 N–H and O–H groups in total. The zero-order valence-electron chi connectivity index (χ0n) is 23.6. The maximum Gasteiger partial charge on any atom is 0.240 e. The molecule has 0 saturated carbocycles. The predicted octanol–water partition coefficient (Wildman–Crippen LogP) is 3.23. The highest BCUT2D eigenvalue weighted by atomic mass is 32.2. The highest BCUT2D eigenvalue weighted by Crippen LogP contribution is 2.33. The first kappa shape index (κ1) is 29.1. The first-order valence-corrected chi connectivity index (χ1v) is 14.7. The highest BCUT2D eigenvalue weighted by molar-refractivity contribution is 7.93. The van der Waals surface area contributed by atoms with Gasteiger partial charge in [0, 0.05) is 33.2 Å². The number of allylic oxidation sites excluding steroid dienone is 2. The molecule has 4 rings (SSSR count). The molecule has 0 bridgehead atoms. The van der Waals surface area contributed by atoms with Gasteiger partial charge in [-0.15, -0.1) is 10.2 Å². The third-order valence-corrected chi connectivity index (χ3v) is 8.68. The zero-order chi connectivity index (χ0) is 28.3. The summed E-state index contributed by atoms with van der Waals surface area (Å²) in [7, 11) is -0.516. The summed E-state index contributed by atoms with van der Waals surface area (Å²) in [4.78, 5) is 10.6. The Morgan fingerprint density at radius 2 is 1.87 bits per heavy atom. The molecule has 0 aliphatic carbocycles. The van der Waals surface area contributed by atoms with Crippen LogP contribution < -0.4 is 4.72 Å². The summed E-state index contributed by atoms with van der Waals surface area (Å²) in [5, 5.41) is 7.70. The summed E-state index contributed by atoms with van der Waals surface area (Å²) >= 11 is 0. The van der Waals surface area contributed by atoms with Crippen LogP contribution in [0.2, 0.25) is 0 Å². The van der Waals surface area contributed by atoms with Gasteiger partial charge in [-0.1, -0.05) is 6.08 Å². The summed E-state index contributed by atoms with van der Waals surface area (Å²) in [5.41, 5.74) is 1.61. The molecule has 214 valence electrons. The second-order valence-electron chi connectivity index (χ2n) is 10.3. The van der Waals surface area contributed by atoms with Gasteiger partial charge in [-0.25, -0.2) is 18.4 Å². The second kappa shape index (κ2) is 12.1. The normalized spacial score (nSPS) is 22.2. The molecule has 0 amide bonds. The number of ether oxygens (including phenoxy) is 3. The van der Waals surface area contributed by atoms with Crippen molar-refractivity contribution in [2.45, 2.75) is 83.3 Å². The largest absolute Gasteiger partial charge is 0.376 e. The molecule has 12 nitrogen and oxygen atoms in total. The van der Waals surface area contributed by atoms with E-state index in [1.807, 2.05) is 57.9 Å². The number of rotatable bonds is 11. The van der Waals surface area contributed by atoms with Crippen molar-refractivity contribution in [3.8, 4) is 0 Å². The third kappa shape index (κ3) is 6.32. The molecule has 1 unspecified atom stereocenters. The van der Waals surface area contributed by atoms with E-state index in [-0.39, 0.29) is 30.4 Å². The molecule has 0 aromatic carbocycles. The van der Waals surface area contributed by atoms with E-state index in [4.69, 9.17) is 14.2 Å². The van der Waals surface area contributed by atoms with Gasteiger partial charge in [0.15, 0.2) is 11.6 Å². The Balaban J connectivity index is 1.71. The Morgan fingerprint density at radius 1 is 1.15 bits per heavy atom. The van der Waals surface area contributed by atoms with Crippen LogP contribution in [-0.4, -0.2) is 82.5 Å². The Labute approximate surface area is 230 Å². The number of aromatic nitrogens is 5. The van der Waals surface area contributed by atoms with Crippen LogP contribution in [-0.2, 0) is 24.2 Å². The number of nitrogens with zero attached hydrogens (tertiary/aromatic N) is 6. The summed E-state index contributed by atoms with van der Waals surface area (Å²) < 4.78 is 49.6. The van der Waals surface area contributed by atoms with Crippen LogP contribution in [0, 0.1) is 6.92 Å². The fourth-order valence-electron chi connectivity index (χ4n) is 4.77. The predicted molar refractivity (Wildman–Crippen MR) is 147 cm³/mol. The van der Waals surface area contributed by atoms with Crippen molar-refractivity contribution in [1.29, 1.82) is 0 Å². The minimum absolute atomic E-state index is 0.103. The van der Waals surface area contributed by atoms with Gasteiger partial charge in [-0.3, -0.25) is 9.29 Å². The van der Waals surface area contributed by atoms with Gasteiger partial charge in [0.05, 0.1) is 23.9 Å². The smallest absolute Gasteiger partial charge is 0.240 e. The van der Waals surface area contributed by atoms with E-state index in [9.17, 15) is 8.42 Å². The molecule has 2 aromatic heterocycles. The van der Waals surface area contributed by atoms with E-state index in [0.717, 1.165) is 24.1 Å². The van der Waals surface area contributed by atoms with Crippen LogP contribution in [0.5, 0.6) is 0 Å². The van der Waals surface area contributed by atoms with Gasteiger partial charge in [-0.05, 0) is 65.2 Å². The van der Waals surface area contributed by atoms with Crippen molar-refractivity contribution < 1.29 is 22.6 Å². The number of methoxy groups -OCH3 is 1. The third-order valence-electron chi connectivity index (χ3n) is 6.99. The lowest BCUT2D eigenvalue weighted by atomic mass is 10.1. The van der Waals surface area contributed by atoms with Gasteiger partial charge >= 0.3 is 0 Å². The van der Waals surface area contributed by atoms with Gasteiger partial charge in [-0.2, -0.15) is 0 Å². The standard InChI is InChI=1S/C26H39N7O5S/c1-16(2)38-23(24-27-14-17(3)15-28-24)19(5)39(34,35)31-26-30-29-25(20-10-8-12-22(36-7)32(20)6)33(26)18(4)21-11-9-13-37-21/h8,10,12,14-16,18-19,21-23H,9,11,13H2,1-7H3,(H,30,31)/t18-,19-,21+,22?,23+/m0/s1. The zero-order valence-corrected chi connectivity index (χ0v) is 24.4. The highest BCUT2D eigenvalue weighted by Gasteiger charge is 2.37. The SMILES string of the molecule is COC1C=CC=C(c2nnc(NS(=O)(=O)[C@@H](C)[C@@H](OC(C)C)c3ncc(C)cn3)n2[C@@H](C)[C@H]2CCCO2)N1C. The number of anilines is 1. The lowest BCUT2D eigenvalue weighted by molar-refractivity contribution is 0.00152. The number of hydrogen-bond donors (Lipinski definition) is 1. The Morgan fingerprint density at radius 3 is 2.49 bits per heavy atom. The van der Waals surface area contributed by atoms with E-state index in [0.29, 0.717) is 18.3 Å². The van der Waals surface area contributed by atoms with Gasteiger partial charge in [0.1, 0.15) is 17.6 Å². The molecule has 1 fully saturated rings. The number of nitrogens with one attached hydrogen (secondary N) is 1. The first-order valence-electron chi connectivity index (χ1n) is 13.2. The Hall–Kier alpha value is -2.87. The van der Waals surface area contributed by atoms with E-state index in [1.165, 1.54) is 0 Å². The molecule has 0 radical (unpaired) electrons. The van der Waals surface area contributed by atoms with Crippen LogP contribution in [0.15, 0.2) is 30.6 Å². The van der Waals surface area contributed by atoms with Crippen LogP contribution in [0.1, 0.15) is 69.9 Å². The number of sulfonamides is 1. The molecule has 5 atom stereocenters. The van der Waals surface area contributed by atoms with Crippen LogP contribution >= 0.6 is 0 Å². The topological polar surface area (TPSA) is 134 Å². The molecule has 0 spiro atoms. The molecule has 39 heavy (non-hydrogen) atoms. The maximum atomic E-state index is 13.8. The van der Waals surface area contributed by atoms with Crippen molar-refractivity contribution in [3.05, 3.63) is 47.8 Å². The molecule has 13 heteroatoms. The minimum atomic E-state index is -4.03. The summed E-state index contributed by atoms with van der Waals surface area (Å²) in [6.07, 6.45) is 9.25. The second-order valence-corrected chi connectivity index (χ2v) is 12.3. The molecule has 2 aromatic rings. The summed E-state index contributed by atoms with van der Waals surface area (Å²) in [6, 6.07) is -0.241. The Kier molecular flexibility index (Phi) is 9.04. The lowest BCUT2D eigenvalue weighted by Gasteiger charge is -2.32. The average molecular weight is 562 g/mol. The minimum Gasteiger partial charge on any atom is -0.376 e. The molecular formula is C26H39N7O5S. The number of likely N-dealkylation sites (N-methyl/N-ethyl adjacent to an activating group) is 1. The molecular weight excluding hydrogens is 522 g/mol. The quantitative estimate of drug-likeness (QED) is 0.436. The lowest BCUT2D eigenvalue weighted by Crippen LogP contribution is -2.36. The number of aryl methyl sites for hydroxylation is 1. The van der Waals surface area contributed by atoms with Crippen molar-refractivity contribution in [1.82, 2.24) is 29.6 Å². The van der Waals surface area contributed by atoms with Crippen LogP contribution in [0.4, 0.5) is 5.95 Å². The van der Waals surface area contributed by atoms with Crippen molar-refractivity contribution >= 4 is 21.7 Å². The number of hydrogen-bond acceptors (Lipinski definition) is 10. The van der Waals surface area contributed by atoms with E-state index >= 15 is 0 Å². The molecule has 2 aliphatic rings. The molecule has 4 heterocycles. The van der Waals surface area contributed by atoms with Crippen molar-refractivity contribution in [2.24, 2.45) is 0 Å². The van der Waals surface area contributed by atoms with Crippen LogP contribution in [0.25, 0.3) is 5.70 Å². The van der Waals surface area contributed by atoms with E-state index in [2.05, 4.69) is 24.9 Å². The van der Waals surface area contributed by atoms with E-state index in [1.54, 1.807) is 31.0 Å². The monoisotopic (exact) mass is 561 g/mol. The maximum absolute atomic E-state index is 13.8. The average Bonchev–Trinajstić information content (AvgIpc) is 3.58. The van der Waals surface area contributed by atoms with Crippen molar-refractivity contribution in [3.63, 3.8) is 0 Å².